The molecule has 5 aliphatic rings. The molecule has 5 heteroatoms. The average Bonchev–Trinajstić information content (AvgIpc) is 3.25. The summed E-state index contributed by atoms with van der Waals surface area (Å²) in [7, 11) is 0. The van der Waals surface area contributed by atoms with E-state index >= 15 is 0 Å². The molecule has 0 aliphatic heterocycles. The predicted molar refractivity (Wildman–Crippen MR) is 171 cm³/mol. The van der Waals surface area contributed by atoms with E-state index in [2.05, 4.69) is 48.1 Å². The second-order valence-corrected chi connectivity index (χ2v) is 18.3. The molecule has 0 aromatic heterocycles. The van der Waals surface area contributed by atoms with Gasteiger partial charge >= 0.3 is 11.9 Å². The van der Waals surface area contributed by atoms with Crippen LogP contribution in [0.5, 0.6) is 0 Å². The number of carboxylic acid groups (broad SMARTS) is 1. The molecule has 5 aliphatic carbocycles. The second-order valence-electron chi connectivity index (χ2n) is 18.3. The van der Waals surface area contributed by atoms with E-state index in [0.717, 1.165) is 19.3 Å². The van der Waals surface area contributed by atoms with Gasteiger partial charge in [-0.15, -0.1) is 0 Å². The molecular formula is C38H62O5. The highest BCUT2D eigenvalue weighted by molar-refractivity contribution is 5.73. The highest BCUT2D eigenvalue weighted by Crippen LogP contribution is 2.78. The van der Waals surface area contributed by atoms with Crippen molar-refractivity contribution in [2.45, 2.75) is 145 Å². The van der Waals surface area contributed by atoms with Crippen LogP contribution in [0.3, 0.4) is 0 Å². The minimum atomic E-state index is -0.875. The Morgan fingerprint density at radius 1 is 0.860 bits per heavy atom. The van der Waals surface area contributed by atoms with E-state index in [-0.39, 0.29) is 52.0 Å². The number of fused-ring (bicyclic) bond motifs is 7. The zero-order chi connectivity index (χ0) is 31.8. The largest absolute Gasteiger partial charge is 0.481 e. The van der Waals surface area contributed by atoms with Crippen molar-refractivity contribution >= 4 is 11.9 Å². The monoisotopic (exact) mass is 598 g/mol. The summed E-state index contributed by atoms with van der Waals surface area (Å²) in [4.78, 5) is 24.4. The predicted octanol–water partition coefficient (Wildman–Crippen LogP) is 8.83. The Hall–Kier alpha value is -1.36. The number of carbonyl (C=O) groups excluding carboxylic acids is 1. The number of aliphatic hydroxyl groups excluding tert-OH is 1. The molecule has 0 bridgehead atoms. The third-order valence-electron chi connectivity index (χ3n) is 15.3. The van der Waals surface area contributed by atoms with E-state index in [0.29, 0.717) is 36.2 Å². The summed E-state index contributed by atoms with van der Waals surface area (Å²) in [5.74, 6) is 1.95. The summed E-state index contributed by atoms with van der Waals surface area (Å²) in [5.41, 5.74) is 1.67. The van der Waals surface area contributed by atoms with Crippen LogP contribution in [-0.2, 0) is 14.3 Å². The van der Waals surface area contributed by atoms with E-state index in [1.165, 1.54) is 56.9 Å². The smallest absolute Gasteiger partial charge is 0.306 e. The van der Waals surface area contributed by atoms with Crippen LogP contribution >= 0.6 is 0 Å². The molecule has 2 N–H and O–H groups in total. The molecule has 5 rings (SSSR count). The summed E-state index contributed by atoms with van der Waals surface area (Å²) >= 11 is 0. The van der Waals surface area contributed by atoms with Crippen LogP contribution in [-0.4, -0.2) is 34.9 Å². The van der Waals surface area contributed by atoms with Gasteiger partial charge in [-0.25, -0.2) is 0 Å². The molecule has 0 spiro atoms. The fourth-order valence-electron chi connectivity index (χ4n) is 13.2. The lowest BCUT2D eigenvalue weighted by Crippen LogP contribution is -2.66. The summed E-state index contributed by atoms with van der Waals surface area (Å²) < 4.78 is 6.24. The van der Waals surface area contributed by atoms with Crippen molar-refractivity contribution in [3.05, 3.63) is 12.2 Å². The number of aliphatic carboxylic acids is 1. The lowest BCUT2D eigenvalue weighted by Gasteiger charge is -2.73. The summed E-state index contributed by atoms with van der Waals surface area (Å²) in [6.07, 6.45) is 12.9. The van der Waals surface area contributed by atoms with Crippen molar-refractivity contribution < 1.29 is 24.5 Å². The maximum Gasteiger partial charge on any atom is 0.306 e. The minimum absolute atomic E-state index is 0.0357. The molecule has 0 heterocycles. The number of allylic oxidation sites excluding steroid dienone is 1. The van der Waals surface area contributed by atoms with Gasteiger partial charge in [-0.3, -0.25) is 9.59 Å². The number of carboxylic acids is 1. The van der Waals surface area contributed by atoms with Gasteiger partial charge in [0.05, 0.1) is 12.8 Å². The Labute approximate surface area is 262 Å². The number of hydrogen-bond acceptors (Lipinski definition) is 4. The molecule has 0 radical (unpaired) electrons. The number of rotatable bonds is 8. The van der Waals surface area contributed by atoms with Gasteiger partial charge in [0.25, 0.3) is 0 Å². The zero-order valence-corrected chi connectivity index (χ0v) is 28.7. The van der Waals surface area contributed by atoms with Crippen LogP contribution in [0.2, 0.25) is 0 Å². The number of hydrogen-bond donors (Lipinski definition) is 2. The Balaban J connectivity index is 1.39. The molecule has 43 heavy (non-hydrogen) atoms. The van der Waals surface area contributed by atoms with Crippen LogP contribution < -0.4 is 0 Å². The van der Waals surface area contributed by atoms with Gasteiger partial charge in [0, 0.05) is 12.0 Å². The Kier molecular flexibility index (Phi) is 8.35. The summed E-state index contributed by atoms with van der Waals surface area (Å²) in [6.45, 7) is 23.3. The fourth-order valence-corrected chi connectivity index (χ4v) is 13.2. The Morgan fingerprint density at radius 3 is 2.19 bits per heavy atom. The highest BCUT2D eigenvalue weighted by atomic mass is 16.5. The van der Waals surface area contributed by atoms with E-state index in [1.807, 2.05) is 13.8 Å². The standard InChI is InChI=1S/C38H62O5/c1-24(2)25-12-17-38(20-21-39)19-18-36(8)26(32(25)38)10-11-28-35(7)15-14-29(34(5,6)27(35)13-16-37(28,36)9)43-31(42)23-33(3,4)22-30(40)41/h25-29,32,39H,1,10-23H2,2-9H3,(H,40,41)/t25-,26?,27?,28?,29-,32?,35-,36+,37+,38+/m0/s1. The van der Waals surface area contributed by atoms with Crippen molar-refractivity contribution in [1.82, 2.24) is 0 Å². The average molecular weight is 599 g/mol. The lowest BCUT2D eigenvalue weighted by atomic mass is 9.32. The minimum Gasteiger partial charge on any atom is -0.481 e. The number of ether oxygens (including phenoxy) is 1. The van der Waals surface area contributed by atoms with Crippen molar-refractivity contribution in [3.8, 4) is 0 Å². The Morgan fingerprint density at radius 2 is 1.56 bits per heavy atom. The van der Waals surface area contributed by atoms with Gasteiger partial charge in [-0.2, -0.15) is 0 Å². The van der Waals surface area contributed by atoms with Crippen LogP contribution in [0.4, 0.5) is 0 Å². The first-order chi connectivity index (χ1) is 19.9. The maximum atomic E-state index is 13.1. The molecule has 0 aromatic carbocycles. The van der Waals surface area contributed by atoms with Crippen molar-refractivity contribution in [2.75, 3.05) is 6.61 Å². The van der Waals surface area contributed by atoms with Gasteiger partial charge in [0.15, 0.2) is 0 Å². The molecule has 5 nitrogen and oxygen atoms in total. The van der Waals surface area contributed by atoms with Gasteiger partial charge in [0.2, 0.25) is 0 Å². The maximum absolute atomic E-state index is 13.1. The molecule has 244 valence electrons. The molecule has 0 aromatic rings. The van der Waals surface area contributed by atoms with E-state index < -0.39 is 11.4 Å². The van der Waals surface area contributed by atoms with E-state index in [9.17, 15) is 19.8 Å². The van der Waals surface area contributed by atoms with Crippen molar-refractivity contribution in [1.29, 1.82) is 0 Å². The Bertz CT molecular complexity index is 1120. The van der Waals surface area contributed by atoms with Crippen LogP contribution in [0, 0.1) is 62.1 Å². The quantitative estimate of drug-likeness (QED) is 0.215. The molecule has 0 amide bonds. The second kappa shape index (κ2) is 10.9. The van der Waals surface area contributed by atoms with Gasteiger partial charge < -0.3 is 14.9 Å². The van der Waals surface area contributed by atoms with Gasteiger partial charge in [-0.05, 0) is 134 Å². The highest BCUT2D eigenvalue weighted by Gasteiger charge is 2.71. The molecule has 0 saturated heterocycles. The number of aliphatic hydroxyl groups is 1. The SMILES string of the molecule is C=C(C)[C@@H]1CC[C@]2(CCO)CC[C@]3(C)C(CCC4[C@@]5(C)CC[C@H](OC(=O)CC(C)(C)CC(=O)O)C(C)(C)C5CC[C@]43C)C12. The normalized spacial score (nSPS) is 45.2. The third kappa shape index (κ3) is 5.05. The van der Waals surface area contributed by atoms with Crippen LogP contribution in [0.15, 0.2) is 12.2 Å². The van der Waals surface area contributed by atoms with Crippen molar-refractivity contribution in [3.63, 3.8) is 0 Å². The summed E-state index contributed by atoms with van der Waals surface area (Å²) in [5, 5.41) is 19.5. The first kappa shape index (κ1) is 33.0. The van der Waals surface area contributed by atoms with Gasteiger partial charge in [-0.1, -0.05) is 60.6 Å². The summed E-state index contributed by atoms with van der Waals surface area (Å²) in [6, 6.07) is 0. The molecule has 10 atom stereocenters. The zero-order valence-electron chi connectivity index (χ0n) is 28.7. The van der Waals surface area contributed by atoms with Gasteiger partial charge in [0.1, 0.15) is 6.10 Å². The number of carbonyl (C=O) groups is 2. The number of esters is 1. The fraction of sp³-hybridized carbons (Fsp3) is 0.895. The lowest BCUT2D eigenvalue weighted by molar-refractivity contribution is -0.251. The van der Waals surface area contributed by atoms with Crippen LogP contribution in [0.25, 0.3) is 0 Å². The first-order valence-electron chi connectivity index (χ1n) is 17.5. The van der Waals surface area contributed by atoms with Crippen molar-refractivity contribution in [2.24, 2.45) is 62.1 Å². The molecule has 4 unspecified atom stereocenters. The molecule has 5 fully saturated rings. The van der Waals surface area contributed by atoms with Crippen LogP contribution in [0.1, 0.15) is 139 Å². The molecule has 5 saturated carbocycles. The van der Waals surface area contributed by atoms with E-state index in [1.54, 1.807) is 0 Å². The topological polar surface area (TPSA) is 83.8 Å². The first-order valence-corrected chi connectivity index (χ1v) is 17.5. The third-order valence-corrected chi connectivity index (χ3v) is 15.3. The molecular weight excluding hydrogens is 536 g/mol. The van der Waals surface area contributed by atoms with E-state index in [4.69, 9.17) is 4.74 Å².